The Kier molecular flexibility index (Phi) is 7.02. The Bertz CT molecular complexity index is 996. The summed E-state index contributed by atoms with van der Waals surface area (Å²) in [6.07, 6.45) is 2.34. The fourth-order valence-electron chi connectivity index (χ4n) is 4.16. The Labute approximate surface area is 192 Å². The molecule has 0 saturated carbocycles. The molecule has 2 heterocycles. The minimum absolute atomic E-state index is 0.0850. The number of piperidine rings is 1. The molecule has 33 heavy (non-hydrogen) atoms. The van der Waals surface area contributed by atoms with Crippen LogP contribution in [-0.2, 0) is 9.59 Å². The van der Waals surface area contributed by atoms with Crippen molar-refractivity contribution in [1.82, 2.24) is 15.1 Å². The van der Waals surface area contributed by atoms with E-state index >= 15 is 0 Å². The van der Waals surface area contributed by atoms with E-state index in [1.165, 1.54) is 0 Å². The van der Waals surface area contributed by atoms with E-state index in [4.69, 9.17) is 4.74 Å². The van der Waals surface area contributed by atoms with Crippen molar-refractivity contribution in [2.24, 2.45) is 0 Å². The van der Waals surface area contributed by atoms with Gasteiger partial charge in [0.05, 0.1) is 17.7 Å². The first-order valence-electron chi connectivity index (χ1n) is 11.2. The average Bonchev–Trinajstić information content (AvgIpc) is 3.08. The summed E-state index contributed by atoms with van der Waals surface area (Å²) in [5.41, 5.74) is 0.660. The van der Waals surface area contributed by atoms with Gasteiger partial charge in [-0.25, -0.2) is 0 Å². The van der Waals surface area contributed by atoms with Gasteiger partial charge in [-0.05, 0) is 43.5 Å². The predicted molar refractivity (Wildman–Crippen MR) is 121 cm³/mol. The zero-order valence-corrected chi connectivity index (χ0v) is 18.4. The molecule has 0 bridgehead atoms. The number of nitrogens with zero attached hydrogens (tertiary/aromatic N) is 2. The van der Waals surface area contributed by atoms with Crippen molar-refractivity contribution in [2.75, 3.05) is 26.2 Å². The van der Waals surface area contributed by atoms with Gasteiger partial charge in [-0.15, -0.1) is 0 Å². The van der Waals surface area contributed by atoms with Crippen molar-refractivity contribution in [2.45, 2.75) is 31.7 Å². The van der Waals surface area contributed by atoms with E-state index < -0.39 is 11.8 Å². The van der Waals surface area contributed by atoms with Gasteiger partial charge in [0.15, 0.2) is 0 Å². The standard InChI is InChI=1S/C25H27N3O5/c29-22(17-28-24(31)20-9-4-5-10-21(20)25(28)32)26-18-12-14-27(15-13-18)23(30)11-6-16-33-19-7-2-1-3-8-19/h1-5,7-10,18H,6,11-17H2,(H,26,29). The number of benzene rings is 2. The third-order valence-corrected chi connectivity index (χ3v) is 5.94. The molecule has 0 atom stereocenters. The topological polar surface area (TPSA) is 96.0 Å². The summed E-state index contributed by atoms with van der Waals surface area (Å²) < 4.78 is 5.62. The molecule has 0 spiro atoms. The van der Waals surface area contributed by atoms with E-state index in [0.717, 1.165) is 10.6 Å². The summed E-state index contributed by atoms with van der Waals surface area (Å²) >= 11 is 0. The molecule has 8 heteroatoms. The van der Waals surface area contributed by atoms with Gasteiger partial charge in [0.2, 0.25) is 11.8 Å². The summed E-state index contributed by atoms with van der Waals surface area (Å²) in [5.74, 6) is -0.373. The van der Waals surface area contributed by atoms with Crippen LogP contribution in [0.15, 0.2) is 54.6 Å². The molecule has 2 aliphatic rings. The lowest BCUT2D eigenvalue weighted by Gasteiger charge is -2.32. The Morgan fingerprint density at radius 2 is 1.52 bits per heavy atom. The van der Waals surface area contributed by atoms with Crippen molar-refractivity contribution in [3.05, 3.63) is 65.7 Å². The fourth-order valence-corrected chi connectivity index (χ4v) is 4.16. The highest BCUT2D eigenvalue weighted by Gasteiger charge is 2.36. The number of amides is 4. The van der Waals surface area contributed by atoms with Gasteiger partial charge in [-0.3, -0.25) is 24.1 Å². The molecule has 2 aromatic rings. The highest BCUT2D eigenvalue weighted by Crippen LogP contribution is 2.22. The second-order valence-corrected chi connectivity index (χ2v) is 8.23. The normalized spacial score (nSPS) is 16.0. The van der Waals surface area contributed by atoms with Gasteiger partial charge < -0.3 is 15.0 Å². The first kappa shape index (κ1) is 22.5. The van der Waals surface area contributed by atoms with Crippen molar-refractivity contribution >= 4 is 23.6 Å². The number of carbonyl (C=O) groups is 4. The van der Waals surface area contributed by atoms with E-state index in [9.17, 15) is 19.2 Å². The molecule has 0 unspecified atom stereocenters. The maximum absolute atomic E-state index is 12.5. The molecule has 1 saturated heterocycles. The quantitative estimate of drug-likeness (QED) is 0.493. The molecule has 172 valence electrons. The number of hydrogen-bond donors (Lipinski definition) is 1. The Balaban J connectivity index is 1.16. The van der Waals surface area contributed by atoms with Crippen LogP contribution in [0.1, 0.15) is 46.4 Å². The van der Waals surface area contributed by atoms with Crippen LogP contribution in [0.3, 0.4) is 0 Å². The maximum Gasteiger partial charge on any atom is 0.262 e. The van der Waals surface area contributed by atoms with Crippen molar-refractivity contribution < 1.29 is 23.9 Å². The molecule has 2 aliphatic heterocycles. The summed E-state index contributed by atoms with van der Waals surface area (Å²) in [6.45, 7) is 1.32. The first-order chi connectivity index (χ1) is 16.0. The molecule has 4 rings (SSSR count). The Morgan fingerprint density at radius 1 is 0.909 bits per heavy atom. The molecule has 1 N–H and O–H groups in total. The Hall–Kier alpha value is -3.68. The number of fused-ring (bicyclic) bond motifs is 1. The van der Waals surface area contributed by atoms with Gasteiger partial charge >= 0.3 is 0 Å². The largest absolute Gasteiger partial charge is 0.494 e. The zero-order valence-electron chi connectivity index (χ0n) is 18.4. The van der Waals surface area contributed by atoms with E-state index in [0.29, 0.717) is 56.5 Å². The summed E-state index contributed by atoms with van der Waals surface area (Å²) in [5, 5.41) is 2.90. The summed E-state index contributed by atoms with van der Waals surface area (Å²) in [4.78, 5) is 52.5. The van der Waals surface area contributed by atoms with Crippen molar-refractivity contribution in [3.8, 4) is 5.75 Å². The van der Waals surface area contributed by atoms with E-state index in [1.807, 2.05) is 35.2 Å². The molecular formula is C25H27N3O5. The summed E-state index contributed by atoms with van der Waals surface area (Å²) in [7, 11) is 0. The number of ether oxygens (including phenoxy) is 1. The molecule has 4 amide bonds. The molecule has 1 fully saturated rings. The minimum Gasteiger partial charge on any atom is -0.494 e. The number of nitrogens with one attached hydrogen (secondary N) is 1. The molecule has 0 aromatic heterocycles. The number of para-hydroxylation sites is 1. The minimum atomic E-state index is -0.442. The molecule has 2 aromatic carbocycles. The maximum atomic E-state index is 12.5. The van der Waals surface area contributed by atoms with Crippen molar-refractivity contribution in [3.63, 3.8) is 0 Å². The van der Waals surface area contributed by atoms with Crippen LogP contribution in [0.5, 0.6) is 5.75 Å². The second-order valence-electron chi connectivity index (χ2n) is 8.23. The highest BCUT2D eigenvalue weighted by molar-refractivity contribution is 6.22. The number of carbonyl (C=O) groups excluding carboxylic acids is 4. The highest BCUT2D eigenvalue weighted by atomic mass is 16.5. The van der Waals surface area contributed by atoms with Gasteiger partial charge in [-0.1, -0.05) is 30.3 Å². The molecule has 0 aliphatic carbocycles. The van der Waals surface area contributed by atoms with Crippen LogP contribution in [0, 0.1) is 0 Å². The third-order valence-electron chi connectivity index (χ3n) is 5.94. The van der Waals surface area contributed by atoms with Crippen LogP contribution in [0.4, 0.5) is 0 Å². The number of imide groups is 1. The monoisotopic (exact) mass is 449 g/mol. The van der Waals surface area contributed by atoms with Crippen LogP contribution < -0.4 is 10.1 Å². The van der Waals surface area contributed by atoms with E-state index in [-0.39, 0.29) is 24.4 Å². The number of likely N-dealkylation sites (tertiary alicyclic amines) is 1. The number of rotatable bonds is 8. The average molecular weight is 450 g/mol. The lowest BCUT2D eigenvalue weighted by Crippen LogP contribution is -2.49. The number of hydrogen-bond acceptors (Lipinski definition) is 5. The SMILES string of the molecule is O=C(CN1C(=O)c2ccccc2C1=O)NC1CCN(C(=O)CCCOc2ccccc2)CC1. The van der Waals surface area contributed by atoms with Gasteiger partial charge in [0.1, 0.15) is 12.3 Å². The van der Waals surface area contributed by atoms with Gasteiger partial charge in [-0.2, -0.15) is 0 Å². The lowest BCUT2D eigenvalue weighted by molar-refractivity contribution is -0.132. The van der Waals surface area contributed by atoms with Crippen LogP contribution in [0.2, 0.25) is 0 Å². The molecule has 8 nitrogen and oxygen atoms in total. The van der Waals surface area contributed by atoms with Gasteiger partial charge in [0, 0.05) is 25.6 Å². The molecule has 0 radical (unpaired) electrons. The first-order valence-corrected chi connectivity index (χ1v) is 11.2. The van der Waals surface area contributed by atoms with Crippen LogP contribution >= 0.6 is 0 Å². The molecular weight excluding hydrogens is 422 g/mol. The van der Waals surface area contributed by atoms with Crippen molar-refractivity contribution in [1.29, 1.82) is 0 Å². The summed E-state index contributed by atoms with van der Waals surface area (Å²) in [6, 6.07) is 16.0. The smallest absolute Gasteiger partial charge is 0.262 e. The second kappa shape index (κ2) is 10.3. The van der Waals surface area contributed by atoms with Crippen LogP contribution in [-0.4, -0.2) is 65.7 Å². The zero-order chi connectivity index (χ0) is 23.2. The van der Waals surface area contributed by atoms with Gasteiger partial charge in [0.25, 0.3) is 11.8 Å². The third kappa shape index (κ3) is 5.39. The van der Waals surface area contributed by atoms with E-state index in [1.54, 1.807) is 24.3 Å². The van der Waals surface area contributed by atoms with E-state index in [2.05, 4.69) is 5.32 Å². The fraction of sp³-hybridized carbons (Fsp3) is 0.360. The van der Waals surface area contributed by atoms with Crippen LogP contribution in [0.25, 0.3) is 0 Å². The predicted octanol–water partition coefficient (Wildman–Crippen LogP) is 2.25. The lowest BCUT2D eigenvalue weighted by atomic mass is 10.0. The Morgan fingerprint density at radius 3 is 2.15 bits per heavy atom.